The number of aliphatic hydroxyl groups excluding tert-OH is 7. The highest BCUT2D eigenvalue weighted by atomic mass is 16.7. The number of carbonyl (C=O) groups excluding carboxylic acids is 1. The average Bonchev–Trinajstić information content (AvgIpc) is 3.43. The smallest absolute Gasteiger partial charge is 0.249 e. The Kier molecular flexibility index (Phi) is 51.4. The number of hydrogen-bond acceptors (Lipinski definition) is 10. The van der Waals surface area contributed by atoms with Crippen molar-refractivity contribution in [2.75, 3.05) is 13.2 Å². The Balaban J connectivity index is 2.12. The summed E-state index contributed by atoms with van der Waals surface area (Å²) in [6.07, 6.45) is 60.6. The van der Waals surface area contributed by atoms with Gasteiger partial charge in [0.05, 0.1) is 25.4 Å². The Morgan fingerprint density at radius 1 is 0.481 bits per heavy atom. The first-order chi connectivity index (χ1) is 37.7. The van der Waals surface area contributed by atoms with Gasteiger partial charge >= 0.3 is 0 Å². The van der Waals surface area contributed by atoms with Crippen LogP contribution in [0, 0.1) is 0 Å². The summed E-state index contributed by atoms with van der Waals surface area (Å²) >= 11 is 0. The number of unbranched alkanes of at least 4 members (excludes halogenated alkanes) is 34. The van der Waals surface area contributed by atoms with Crippen LogP contribution in [-0.4, -0.2) is 110 Å². The molecule has 1 rings (SSSR count). The Labute approximate surface area is 472 Å². The molecule has 0 spiro atoms. The molecule has 0 aromatic carbocycles. The van der Waals surface area contributed by atoms with Gasteiger partial charge in [0.25, 0.3) is 0 Å². The Bertz CT molecular complexity index is 1430. The van der Waals surface area contributed by atoms with E-state index in [0.717, 1.165) is 51.4 Å². The topological polar surface area (TPSA) is 189 Å². The van der Waals surface area contributed by atoms with Crippen molar-refractivity contribution >= 4 is 5.91 Å². The summed E-state index contributed by atoms with van der Waals surface area (Å²) in [5.74, 6) is -0.713. The molecule has 1 heterocycles. The zero-order valence-corrected chi connectivity index (χ0v) is 49.4. The van der Waals surface area contributed by atoms with Gasteiger partial charge in [0.1, 0.15) is 36.6 Å². The number of amides is 1. The minimum atomic E-state index is -1.67. The molecule has 9 atom stereocenters. The number of ether oxygens (including phenoxy) is 2. The number of aliphatic hydroxyl groups is 7. The van der Waals surface area contributed by atoms with Crippen molar-refractivity contribution in [3.8, 4) is 0 Å². The van der Waals surface area contributed by atoms with Gasteiger partial charge in [0, 0.05) is 0 Å². The predicted molar refractivity (Wildman–Crippen MR) is 321 cm³/mol. The zero-order valence-electron chi connectivity index (χ0n) is 49.4. The van der Waals surface area contributed by atoms with Crippen LogP contribution in [0.4, 0.5) is 0 Å². The molecule has 0 aliphatic carbocycles. The molecular formula is C66H121NO10. The monoisotopic (exact) mass is 1090 g/mol. The zero-order chi connectivity index (χ0) is 56.1. The summed E-state index contributed by atoms with van der Waals surface area (Å²) < 4.78 is 11.1. The molecule has 1 aliphatic rings. The van der Waals surface area contributed by atoms with Crippen LogP contribution < -0.4 is 5.32 Å². The second kappa shape index (κ2) is 54.4. The van der Waals surface area contributed by atoms with Crippen molar-refractivity contribution in [3.63, 3.8) is 0 Å². The largest absolute Gasteiger partial charge is 0.394 e. The molecule has 9 unspecified atom stereocenters. The maximum Gasteiger partial charge on any atom is 0.249 e. The van der Waals surface area contributed by atoms with E-state index in [1.807, 2.05) is 6.92 Å². The molecule has 1 aliphatic heterocycles. The van der Waals surface area contributed by atoms with E-state index >= 15 is 0 Å². The summed E-state index contributed by atoms with van der Waals surface area (Å²) in [7, 11) is 0. The third kappa shape index (κ3) is 42.3. The fourth-order valence-corrected chi connectivity index (χ4v) is 10.2. The van der Waals surface area contributed by atoms with Crippen molar-refractivity contribution in [3.05, 3.63) is 60.8 Å². The number of nitrogens with one attached hydrogen (secondary N) is 1. The standard InChI is InChI=1S/C66H121NO10/c1-3-5-7-9-11-13-15-17-18-19-20-21-22-23-24-25-26-27-28-29-30-31-32-33-34-35-36-37-38-39-40-41-42-44-46-48-50-52-54-59(70)65(75)67-57(56-76-66-64(74)63(73)62(72)60(55-68)77-66)61(71)58(69)53-51-49-47-45-43-16-14-12-10-8-6-4-2/h4,6,12,14,26-27,29-30,45,47,57-64,66,68-74H,3,5,7-11,13,15-25,28,31-44,46,48-56H2,1-2H3,(H,67,75)/b6-4+,14-12+,27-26-,30-29-,47-45+. The molecule has 1 amide bonds. The molecule has 0 aromatic heterocycles. The third-order valence-electron chi connectivity index (χ3n) is 15.3. The van der Waals surface area contributed by atoms with E-state index in [-0.39, 0.29) is 12.8 Å². The highest BCUT2D eigenvalue weighted by Crippen LogP contribution is 2.23. The molecule has 8 N–H and O–H groups in total. The molecule has 450 valence electrons. The average molecular weight is 1090 g/mol. The van der Waals surface area contributed by atoms with Gasteiger partial charge in [-0.05, 0) is 90.4 Å². The van der Waals surface area contributed by atoms with Gasteiger partial charge in [-0.3, -0.25) is 4.79 Å². The predicted octanol–water partition coefficient (Wildman–Crippen LogP) is 14.6. The molecule has 77 heavy (non-hydrogen) atoms. The summed E-state index contributed by atoms with van der Waals surface area (Å²) in [6.45, 7) is 3.23. The van der Waals surface area contributed by atoms with Gasteiger partial charge < -0.3 is 50.5 Å². The van der Waals surface area contributed by atoms with E-state index in [4.69, 9.17) is 9.47 Å². The molecule has 0 aromatic rings. The number of allylic oxidation sites excluding steroid dienone is 10. The second-order valence-electron chi connectivity index (χ2n) is 22.5. The fourth-order valence-electron chi connectivity index (χ4n) is 10.2. The van der Waals surface area contributed by atoms with Crippen LogP contribution in [0.2, 0.25) is 0 Å². The first-order valence-electron chi connectivity index (χ1n) is 32.2. The van der Waals surface area contributed by atoms with Crippen molar-refractivity contribution in [1.29, 1.82) is 0 Å². The van der Waals surface area contributed by atoms with E-state index in [1.165, 1.54) is 186 Å². The molecule has 0 bridgehead atoms. The lowest BCUT2D eigenvalue weighted by molar-refractivity contribution is -0.303. The van der Waals surface area contributed by atoms with Crippen LogP contribution >= 0.6 is 0 Å². The molecule has 1 saturated heterocycles. The quantitative estimate of drug-likeness (QED) is 0.0215. The van der Waals surface area contributed by atoms with Crippen LogP contribution in [0.15, 0.2) is 60.8 Å². The van der Waals surface area contributed by atoms with Crippen molar-refractivity contribution in [2.24, 2.45) is 0 Å². The van der Waals surface area contributed by atoms with Gasteiger partial charge in [-0.2, -0.15) is 0 Å². The van der Waals surface area contributed by atoms with Crippen molar-refractivity contribution in [2.45, 2.75) is 339 Å². The number of carbonyl (C=O) groups is 1. The summed E-state index contributed by atoms with van der Waals surface area (Å²) in [5.41, 5.74) is 0. The maximum atomic E-state index is 13.2. The van der Waals surface area contributed by atoms with Gasteiger partial charge in [-0.25, -0.2) is 0 Å². The molecular weight excluding hydrogens is 967 g/mol. The summed E-state index contributed by atoms with van der Waals surface area (Å²) in [6, 6.07) is -1.20. The lowest BCUT2D eigenvalue weighted by Gasteiger charge is -2.40. The highest BCUT2D eigenvalue weighted by Gasteiger charge is 2.44. The van der Waals surface area contributed by atoms with Gasteiger partial charge in [-0.1, -0.05) is 254 Å². The van der Waals surface area contributed by atoms with Gasteiger partial charge in [0.2, 0.25) is 5.91 Å². The van der Waals surface area contributed by atoms with Crippen LogP contribution in [0.3, 0.4) is 0 Å². The van der Waals surface area contributed by atoms with Gasteiger partial charge in [0.15, 0.2) is 6.29 Å². The van der Waals surface area contributed by atoms with Crippen molar-refractivity contribution in [1.82, 2.24) is 5.32 Å². The third-order valence-corrected chi connectivity index (χ3v) is 15.3. The van der Waals surface area contributed by atoms with Crippen molar-refractivity contribution < 1.29 is 50.0 Å². The van der Waals surface area contributed by atoms with E-state index < -0.39 is 74.2 Å². The first kappa shape index (κ1) is 72.8. The summed E-state index contributed by atoms with van der Waals surface area (Å²) in [5, 5.41) is 76.0. The highest BCUT2D eigenvalue weighted by molar-refractivity contribution is 5.80. The molecule has 0 radical (unpaired) electrons. The van der Waals surface area contributed by atoms with Crippen LogP contribution in [0.25, 0.3) is 0 Å². The van der Waals surface area contributed by atoms with E-state index in [1.54, 1.807) is 0 Å². The van der Waals surface area contributed by atoms with Crippen LogP contribution in [-0.2, 0) is 14.3 Å². The SMILES string of the molecule is C/C=C/CC/C=C/CC/C=C/CCCC(O)C(O)C(COC1OC(CO)C(O)C(O)C1O)NC(=O)C(O)CCCCCCCCCCCCCCCCCC/C=C\C/C=C\CCCCCCCCCCCCCCCCC. The molecule has 0 saturated carbocycles. The maximum absolute atomic E-state index is 13.2. The number of hydrogen-bond donors (Lipinski definition) is 8. The lowest BCUT2D eigenvalue weighted by Crippen LogP contribution is -2.60. The minimum absolute atomic E-state index is 0.239. The van der Waals surface area contributed by atoms with E-state index in [2.05, 4.69) is 73.0 Å². The fraction of sp³-hybridized carbons (Fsp3) is 0.833. The summed E-state index contributed by atoms with van der Waals surface area (Å²) in [4.78, 5) is 13.2. The van der Waals surface area contributed by atoms with E-state index in [0.29, 0.717) is 19.3 Å². The second-order valence-corrected chi connectivity index (χ2v) is 22.5. The Morgan fingerprint density at radius 3 is 1.31 bits per heavy atom. The van der Waals surface area contributed by atoms with E-state index in [9.17, 15) is 40.5 Å². The minimum Gasteiger partial charge on any atom is -0.394 e. The normalized spacial score (nSPS) is 19.9. The van der Waals surface area contributed by atoms with Crippen LogP contribution in [0.5, 0.6) is 0 Å². The Morgan fingerprint density at radius 2 is 0.870 bits per heavy atom. The van der Waals surface area contributed by atoms with Crippen LogP contribution in [0.1, 0.15) is 284 Å². The first-order valence-corrected chi connectivity index (χ1v) is 32.2. The van der Waals surface area contributed by atoms with Gasteiger partial charge in [-0.15, -0.1) is 0 Å². The lowest BCUT2D eigenvalue weighted by atomic mass is 9.98. The molecule has 1 fully saturated rings. The Hall–Kier alpha value is -2.19. The molecule has 11 nitrogen and oxygen atoms in total. The number of rotatable bonds is 55. The molecule has 11 heteroatoms.